The van der Waals surface area contributed by atoms with Crippen molar-refractivity contribution in [3.63, 3.8) is 0 Å². The minimum Gasteiger partial charge on any atom is -0.369 e. The van der Waals surface area contributed by atoms with Crippen molar-refractivity contribution in [2.45, 2.75) is 6.92 Å². The van der Waals surface area contributed by atoms with E-state index in [2.05, 4.69) is 34.3 Å². The zero-order chi connectivity index (χ0) is 11.4. The van der Waals surface area contributed by atoms with E-state index in [1.165, 1.54) is 0 Å². The van der Waals surface area contributed by atoms with Crippen LogP contribution >= 0.6 is 0 Å². The molecule has 0 aliphatic rings. The van der Waals surface area contributed by atoms with Crippen molar-refractivity contribution >= 4 is 11.5 Å². The van der Waals surface area contributed by atoms with Gasteiger partial charge >= 0.3 is 0 Å². The van der Waals surface area contributed by atoms with Gasteiger partial charge in [0.05, 0.1) is 6.20 Å². The molecule has 0 unspecified atom stereocenters. The Morgan fingerprint density at radius 2 is 2.31 bits per heavy atom. The Hall–Kier alpha value is -1.62. The summed E-state index contributed by atoms with van der Waals surface area (Å²) < 4.78 is 1.75. The maximum Gasteiger partial charge on any atom is 0.157 e. The van der Waals surface area contributed by atoms with Gasteiger partial charge in [0.15, 0.2) is 5.65 Å². The molecule has 2 heterocycles. The van der Waals surface area contributed by atoms with Crippen LogP contribution in [-0.2, 0) is 0 Å². The highest BCUT2D eigenvalue weighted by molar-refractivity contribution is 5.45. The first-order valence-corrected chi connectivity index (χ1v) is 5.52. The summed E-state index contributed by atoms with van der Waals surface area (Å²) in [5.74, 6) is 0.900. The van der Waals surface area contributed by atoms with Crippen molar-refractivity contribution in [3.8, 4) is 0 Å². The number of likely N-dealkylation sites (N-methyl/N-ethyl adjacent to an activating group) is 1. The Morgan fingerprint density at radius 1 is 1.44 bits per heavy atom. The van der Waals surface area contributed by atoms with Crippen LogP contribution in [0.1, 0.15) is 6.92 Å². The van der Waals surface area contributed by atoms with Gasteiger partial charge in [0.1, 0.15) is 5.82 Å². The Bertz CT molecular complexity index is 450. The molecule has 0 spiro atoms. The second kappa shape index (κ2) is 4.94. The van der Waals surface area contributed by atoms with E-state index >= 15 is 0 Å². The molecule has 0 aliphatic carbocycles. The van der Waals surface area contributed by atoms with E-state index in [4.69, 9.17) is 0 Å². The topological polar surface area (TPSA) is 45.5 Å². The van der Waals surface area contributed by atoms with Crippen LogP contribution < -0.4 is 5.32 Å². The van der Waals surface area contributed by atoms with E-state index in [0.717, 1.165) is 31.1 Å². The second-order valence-corrected chi connectivity index (χ2v) is 3.77. The fourth-order valence-electron chi connectivity index (χ4n) is 1.44. The largest absolute Gasteiger partial charge is 0.369 e. The molecule has 0 aliphatic heterocycles. The molecule has 2 rings (SSSR count). The Morgan fingerprint density at radius 3 is 3.12 bits per heavy atom. The number of nitrogens with one attached hydrogen (secondary N) is 1. The van der Waals surface area contributed by atoms with Gasteiger partial charge in [-0.2, -0.15) is 5.10 Å². The first kappa shape index (κ1) is 10.9. The van der Waals surface area contributed by atoms with Gasteiger partial charge in [0.25, 0.3) is 0 Å². The molecule has 0 radical (unpaired) electrons. The lowest BCUT2D eigenvalue weighted by Crippen LogP contribution is -2.24. The Balaban J connectivity index is 1.93. The van der Waals surface area contributed by atoms with Crippen LogP contribution in [0.4, 0.5) is 5.82 Å². The highest BCUT2D eigenvalue weighted by atomic mass is 15.2. The normalized spacial score (nSPS) is 11.2. The quantitative estimate of drug-likeness (QED) is 0.817. The van der Waals surface area contributed by atoms with Gasteiger partial charge in [-0.05, 0) is 19.7 Å². The summed E-state index contributed by atoms with van der Waals surface area (Å²) in [7, 11) is 2.11. The maximum atomic E-state index is 4.43. The molecule has 0 aromatic carbocycles. The average Bonchev–Trinajstić information content (AvgIpc) is 2.76. The molecule has 0 bridgehead atoms. The van der Waals surface area contributed by atoms with Crippen molar-refractivity contribution in [2.24, 2.45) is 0 Å². The number of anilines is 1. The van der Waals surface area contributed by atoms with Gasteiger partial charge in [-0.1, -0.05) is 6.92 Å². The van der Waals surface area contributed by atoms with E-state index in [1.807, 2.05) is 18.3 Å². The minimum atomic E-state index is 0.869. The lowest BCUT2D eigenvalue weighted by Gasteiger charge is -2.14. The molecule has 5 heteroatoms. The monoisotopic (exact) mass is 219 g/mol. The summed E-state index contributed by atoms with van der Waals surface area (Å²) in [6.45, 7) is 5.14. The number of nitrogens with zero attached hydrogens (tertiary/aromatic N) is 4. The highest BCUT2D eigenvalue weighted by Crippen LogP contribution is 2.05. The predicted molar refractivity (Wildman–Crippen MR) is 64.6 cm³/mol. The van der Waals surface area contributed by atoms with Crippen LogP contribution in [-0.4, -0.2) is 46.2 Å². The number of fused-ring (bicyclic) bond motifs is 1. The fourth-order valence-corrected chi connectivity index (χ4v) is 1.44. The minimum absolute atomic E-state index is 0.869. The third-order valence-corrected chi connectivity index (χ3v) is 2.60. The molecule has 86 valence electrons. The van der Waals surface area contributed by atoms with E-state index in [-0.39, 0.29) is 0 Å². The van der Waals surface area contributed by atoms with Crippen LogP contribution in [0.15, 0.2) is 24.5 Å². The smallest absolute Gasteiger partial charge is 0.157 e. The first-order valence-electron chi connectivity index (χ1n) is 5.52. The highest BCUT2D eigenvalue weighted by Gasteiger charge is 1.98. The van der Waals surface area contributed by atoms with Gasteiger partial charge < -0.3 is 10.2 Å². The van der Waals surface area contributed by atoms with Crippen molar-refractivity contribution in [3.05, 3.63) is 24.5 Å². The SMILES string of the molecule is CCN(C)CCNc1ccn2nccc2n1. The number of hydrogen-bond acceptors (Lipinski definition) is 4. The second-order valence-electron chi connectivity index (χ2n) is 3.77. The van der Waals surface area contributed by atoms with Crippen LogP contribution in [0.25, 0.3) is 5.65 Å². The molecule has 5 nitrogen and oxygen atoms in total. The fraction of sp³-hybridized carbons (Fsp3) is 0.455. The third-order valence-electron chi connectivity index (χ3n) is 2.60. The molecule has 1 N–H and O–H groups in total. The van der Waals surface area contributed by atoms with E-state index < -0.39 is 0 Å². The lowest BCUT2D eigenvalue weighted by molar-refractivity contribution is 0.367. The van der Waals surface area contributed by atoms with Crippen molar-refractivity contribution < 1.29 is 0 Å². The van der Waals surface area contributed by atoms with Crippen LogP contribution in [0, 0.1) is 0 Å². The number of rotatable bonds is 5. The summed E-state index contributed by atoms with van der Waals surface area (Å²) in [6.07, 6.45) is 3.66. The average molecular weight is 219 g/mol. The lowest BCUT2D eigenvalue weighted by atomic mass is 10.5. The van der Waals surface area contributed by atoms with E-state index in [0.29, 0.717) is 0 Å². The van der Waals surface area contributed by atoms with Gasteiger partial charge in [0.2, 0.25) is 0 Å². The molecular weight excluding hydrogens is 202 g/mol. The summed E-state index contributed by atoms with van der Waals surface area (Å²) in [6, 6.07) is 3.83. The molecule has 16 heavy (non-hydrogen) atoms. The molecule has 0 atom stereocenters. The Labute approximate surface area is 95.1 Å². The maximum absolute atomic E-state index is 4.43. The molecule has 0 saturated heterocycles. The standard InChI is InChI=1S/C11H17N5/c1-3-15(2)9-7-12-10-5-8-16-11(14-10)4-6-13-16/h4-6,8H,3,7,9H2,1-2H3,(H,12,14). The Kier molecular flexibility index (Phi) is 3.36. The zero-order valence-corrected chi connectivity index (χ0v) is 9.72. The van der Waals surface area contributed by atoms with E-state index in [9.17, 15) is 0 Å². The van der Waals surface area contributed by atoms with Gasteiger partial charge in [-0.25, -0.2) is 9.50 Å². The van der Waals surface area contributed by atoms with E-state index in [1.54, 1.807) is 10.7 Å². The van der Waals surface area contributed by atoms with Crippen molar-refractivity contribution in [2.75, 3.05) is 32.0 Å². The molecular formula is C11H17N5. The zero-order valence-electron chi connectivity index (χ0n) is 9.72. The molecule has 0 saturated carbocycles. The van der Waals surface area contributed by atoms with Crippen LogP contribution in [0.3, 0.4) is 0 Å². The molecule has 2 aromatic heterocycles. The van der Waals surface area contributed by atoms with Crippen molar-refractivity contribution in [1.29, 1.82) is 0 Å². The number of aromatic nitrogens is 3. The number of hydrogen-bond donors (Lipinski definition) is 1. The van der Waals surface area contributed by atoms with Crippen molar-refractivity contribution in [1.82, 2.24) is 19.5 Å². The molecule has 0 amide bonds. The summed E-state index contributed by atoms with van der Waals surface area (Å²) in [5, 5.41) is 7.40. The molecule has 0 fully saturated rings. The van der Waals surface area contributed by atoms with Gasteiger partial charge in [-0.15, -0.1) is 0 Å². The van der Waals surface area contributed by atoms with Gasteiger partial charge in [0, 0.05) is 25.4 Å². The van der Waals surface area contributed by atoms with Gasteiger partial charge in [-0.3, -0.25) is 0 Å². The van der Waals surface area contributed by atoms with Crippen LogP contribution in [0.5, 0.6) is 0 Å². The summed E-state index contributed by atoms with van der Waals surface area (Å²) in [4.78, 5) is 6.68. The van der Waals surface area contributed by atoms with Crippen LogP contribution in [0.2, 0.25) is 0 Å². The first-order chi connectivity index (χ1) is 7.79. The molecule has 2 aromatic rings. The third kappa shape index (κ3) is 2.49. The predicted octanol–water partition coefficient (Wildman–Crippen LogP) is 1.09. The summed E-state index contributed by atoms with van der Waals surface area (Å²) >= 11 is 0. The summed E-state index contributed by atoms with van der Waals surface area (Å²) in [5.41, 5.74) is 0.869.